The Morgan fingerprint density at radius 1 is 1.21 bits per heavy atom. The highest BCUT2D eigenvalue weighted by molar-refractivity contribution is 5.82. The van der Waals surface area contributed by atoms with Crippen molar-refractivity contribution in [2.45, 2.75) is 52.2 Å². The second-order valence-electron chi connectivity index (χ2n) is 9.10. The Kier molecular flexibility index (Phi) is 5.65. The molecule has 2 atom stereocenters. The number of fused-ring (bicyclic) bond motifs is 2. The number of carbonyl (C=O) groups excluding carboxylic acids is 1. The zero-order chi connectivity index (χ0) is 23.8. The lowest BCUT2D eigenvalue weighted by molar-refractivity contribution is -0.124. The molecule has 1 amide bonds. The molecule has 0 radical (unpaired) electrons. The largest absolute Gasteiger partial charge is 0.361 e. The fourth-order valence-electron chi connectivity index (χ4n) is 4.78. The normalized spacial score (nSPS) is 15.8. The van der Waals surface area contributed by atoms with Gasteiger partial charge in [0.2, 0.25) is 5.91 Å². The average Bonchev–Trinajstić information content (AvgIpc) is 3.43. The first-order valence-corrected chi connectivity index (χ1v) is 11.5. The van der Waals surface area contributed by atoms with E-state index in [0.717, 1.165) is 27.9 Å². The molecule has 0 bridgehead atoms. The van der Waals surface area contributed by atoms with E-state index in [-0.39, 0.29) is 23.3 Å². The number of H-pyrrole nitrogens is 1. The molecule has 4 heterocycles. The number of benzene rings is 1. The summed E-state index contributed by atoms with van der Waals surface area (Å²) < 4.78 is 1.59. The molecule has 2 unspecified atom stereocenters. The van der Waals surface area contributed by atoms with Crippen molar-refractivity contribution < 1.29 is 4.79 Å². The molecule has 5 rings (SSSR count). The maximum absolute atomic E-state index is 13.2. The molecule has 0 saturated carbocycles. The Labute approximate surface area is 197 Å². The zero-order valence-corrected chi connectivity index (χ0v) is 19.6. The number of rotatable bonds is 6. The van der Waals surface area contributed by atoms with Gasteiger partial charge in [-0.1, -0.05) is 29.3 Å². The van der Waals surface area contributed by atoms with Crippen LogP contribution in [0, 0.1) is 13.8 Å². The summed E-state index contributed by atoms with van der Waals surface area (Å²) in [6.07, 6.45) is 6.44. The average molecular weight is 457 g/mol. The van der Waals surface area contributed by atoms with E-state index in [9.17, 15) is 9.59 Å². The van der Waals surface area contributed by atoms with Gasteiger partial charge in [0, 0.05) is 47.4 Å². The summed E-state index contributed by atoms with van der Waals surface area (Å²) in [5, 5.41) is 7.23. The van der Waals surface area contributed by atoms with Crippen molar-refractivity contribution in [2.75, 3.05) is 5.32 Å². The van der Waals surface area contributed by atoms with E-state index < -0.39 is 6.04 Å². The van der Waals surface area contributed by atoms with Crippen molar-refractivity contribution in [3.05, 3.63) is 87.4 Å². The minimum absolute atomic E-state index is 0.170. The number of hydrogen-bond donors (Lipinski definition) is 3. The van der Waals surface area contributed by atoms with Crippen LogP contribution in [0.3, 0.4) is 0 Å². The third kappa shape index (κ3) is 4.19. The number of nitrogens with zero attached hydrogens (tertiary/aromatic N) is 3. The summed E-state index contributed by atoms with van der Waals surface area (Å²) in [4.78, 5) is 38.3. The molecule has 4 aromatic rings. The van der Waals surface area contributed by atoms with Crippen LogP contribution < -0.4 is 16.2 Å². The van der Waals surface area contributed by atoms with Crippen LogP contribution in [0.5, 0.6) is 0 Å². The Bertz CT molecular complexity index is 1380. The smallest absolute Gasteiger partial charge is 0.294 e. The molecular formula is C26H28N6O2. The van der Waals surface area contributed by atoms with E-state index in [4.69, 9.17) is 0 Å². The second-order valence-corrected chi connectivity index (χ2v) is 9.10. The van der Waals surface area contributed by atoms with E-state index in [1.54, 1.807) is 23.2 Å². The van der Waals surface area contributed by atoms with Crippen molar-refractivity contribution in [3.8, 4) is 0 Å². The molecule has 1 aliphatic heterocycles. The summed E-state index contributed by atoms with van der Waals surface area (Å²) >= 11 is 0. The lowest BCUT2D eigenvalue weighted by Gasteiger charge is -2.19. The highest BCUT2D eigenvalue weighted by Gasteiger charge is 2.31. The van der Waals surface area contributed by atoms with E-state index in [1.165, 1.54) is 11.1 Å². The molecule has 0 saturated heterocycles. The molecule has 174 valence electrons. The minimum Gasteiger partial charge on any atom is -0.361 e. The quantitative estimate of drug-likeness (QED) is 0.410. The number of hydrogen-bond acceptors (Lipinski definition) is 5. The summed E-state index contributed by atoms with van der Waals surface area (Å²) in [7, 11) is 0. The second kappa shape index (κ2) is 8.78. The van der Waals surface area contributed by atoms with Crippen LogP contribution in [0.1, 0.15) is 53.5 Å². The summed E-state index contributed by atoms with van der Waals surface area (Å²) in [6, 6.07) is 9.39. The first kappa shape index (κ1) is 21.9. The van der Waals surface area contributed by atoms with Gasteiger partial charge in [-0.25, -0.2) is 4.98 Å². The van der Waals surface area contributed by atoms with E-state index in [0.29, 0.717) is 19.4 Å². The number of anilines is 1. The van der Waals surface area contributed by atoms with Crippen LogP contribution in [-0.2, 0) is 17.8 Å². The molecule has 1 aromatic carbocycles. The van der Waals surface area contributed by atoms with Crippen molar-refractivity contribution in [1.29, 1.82) is 0 Å². The monoisotopic (exact) mass is 456 g/mol. The van der Waals surface area contributed by atoms with Crippen LogP contribution in [-0.4, -0.2) is 25.4 Å². The molecule has 8 heteroatoms. The van der Waals surface area contributed by atoms with Gasteiger partial charge >= 0.3 is 0 Å². The van der Waals surface area contributed by atoms with Crippen LogP contribution in [0.25, 0.3) is 10.9 Å². The number of aromatic nitrogens is 4. The Morgan fingerprint density at radius 2 is 2.00 bits per heavy atom. The first-order valence-electron chi connectivity index (χ1n) is 11.5. The molecule has 8 nitrogen and oxygen atoms in total. The van der Waals surface area contributed by atoms with Gasteiger partial charge in [0.25, 0.3) is 5.56 Å². The highest BCUT2D eigenvalue weighted by Crippen LogP contribution is 2.26. The number of amides is 1. The lowest BCUT2D eigenvalue weighted by atomic mass is 10.1. The minimum atomic E-state index is -0.555. The maximum Gasteiger partial charge on any atom is 0.294 e. The summed E-state index contributed by atoms with van der Waals surface area (Å²) in [6.45, 7) is 6.52. The summed E-state index contributed by atoms with van der Waals surface area (Å²) in [5.41, 5.74) is 5.82. The van der Waals surface area contributed by atoms with Gasteiger partial charge in [0.05, 0.1) is 6.04 Å². The Morgan fingerprint density at radius 3 is 2.76 bits per heavy atom. The third-order valence-electron chi connectivity index (χ3n) is 6.37. The third-order valence-corrected chi connectivity index (χ3v) is 6.37. The van der Waals surface area contributed by atoms with Crippen molar-refractivity contribution in [3.63, 3.8) is 0 Å². The fraction of sp³-hybridized carbons (Fsp3) is 0.308. The van der Waals surface area contributed by atoms with Crippen molar-refractivity contribution in [1.82, 2.24) is 24.8 Å². The molecule has 0 aliphatic carbocycles. The number of aryl methyl sites for hydroxylation is 3. The topological polar surface area (TPSA) is 105 Å². The van der Waals surface area contributed by atoms with Gasteiger partial charge in [-0.2, -0.15) is 0 Å². The van der Waals surface area contributed by atoms with Crippen LogP contribution in [0.2, 0.25) is 0 Å². The molecule has 0 fully saturated rings. The molecule has 0 spiro atoms. The molecule has 1 aliphatic rings. The van der Waals surface area contributed by atoms with Gasteiger partial charge in [-0.15, -0.1) is 0 Å². The fourth-order valence-corrected chi connectivity index (χ4v) is 4.78. The predicted molar refractivity (Wildman–Crippen MR) is 132 cm³/mol. The van der Waals surface area contributed by atoms with Crippen LogP contribution in [0.15, 0.2) is 53.7 Å². The van der Waals surface area contributed by atoms with Gasteiger partial charge < -0.3 is 15.6 Å². The van der Waals surface area contributed by atoms with Gasteiger partial charge in [-0.05, 0) is 51.3 Å². The van der Waals surface area contributed by atoms with Crippen LogP contribution in [0.4, 0.5) is 5.82 Å². The van der Waals surface area contributed by atoms with Gasteiger partial charge in [-0.3, -0.25) is 19.1 Å². The Hall–Kier alpha value is -3.94. The highest BCUT2D eigenvalue weighted by atomic mass is 16.2. The number of nitrogens with one attached hydrogen (secondary N) is 3. The number of pyridine rings is 1. The molecular weight excluding hydrogens is 428 g/mol. The zero-order valence-electron chi connectivity index (χ0n) is 19.6. The van der Waals surface area contributed by atoms with Crippen LogP contribution >= 0.6 is 0 Å². The van der Waals surface area contributed by atoms with E-state index in [2.05, 4.69) is 57.6 Å². The van der Waals surface area contributed by atoms with Gasteiger partial charge in [0.1, 0.15) is 6.04 Å². The number of carbonyl (C=O) groups is 1. The predicted octanol–water partition coefficient (Wildman–Crippen LogP) is 3.71. The first-order chi connectivity index (χ1) is 16.4. The molecule has 3 N–H and O–H groups in total. The van der Waals surface area contributed by atoms with E-state index >= 15 is 0 Å². The van der Waals surface area contributed by atoms with Crippen molar-refractivity contribution in [2.24, 2.45) is 0 Å². The summed E-state index contributed by atoms with van der Waals surface area (Å²) in [5.74, 6) is 0.0929. The number of aromatic amines is 1. The van der Waals surface area contributed by atoms with Crippen molar-refractivity contribution >= 4 is 22.6 Å². The lowest BCUT2D eigenvalue weighted by Crippen LogP contribution is -2.37. The standard InChI is InChI=1S/C26H28N6O2/c1-15-8-16(2)10-18(9-15)12-28-24-26(34)32-20(14-29-24)4-5-23(32)25(33)30-17(3)22-11-19-13-27-7-6-21(19)31-22/h6-11,13-14,17,23,31H,4-5,12H2,1-3H3,(H,28,29)(H,30,33). The van der Waals surface area contributed by atoms with Gasteiger partial charge in [0.15, 0.2) is 5.82 Å². The maximum atomic E-state index is 13.2. The Balaban J connectivity index is 1.33. The molecule has 3 aromatic heterocycles. The van der Waals surface area contributed by atoms with E-state index in [1.807, 2.05) is 19.1 Å². The molecule has 34 heavy (non-hydrogen) atoms. The SMILES string of the molecule is Cc1cc(C)cc(CNc2ncc3n(c2=O)C(C(=O)NC(C)c2cc4cnccc4[nH]2)CC3)c1.